The Kier molecular flexibility index (Phi) is 2.76. The zero-order chi connectivity index (χ0) is 15.9. The average Bonchev–Trinajstić information content (AvgIpc) is 3.25. The zero-order valence-electron chi connectivity index (χ0n) is 12.9. The van der Waals surface area contributed by atoms with E-state index in [0.29, 0.717) is 0 Å². The van der Waals surface area contributed by atoms with Crippen LogP contribution in [0.1, 0.15) is 0 Å². The molecule has 114 valence electrons. The van der Waals surface area contributed by atoms with E-state index in [0.717, 1.165) is 33.2 Å². The minimum Gasteiger partial charge on any atom is -0.233 e. The minimum atomic E-state index is 1.06. The molecule has 24 heavy (non-hydrogen) atoms. The van der Waals surface area contributed by atoms with Gasteiger partial charge in [-0.2, -0.15) is 10.2 Å². The molecule has 0 bridgehead atoms. The van der Waals surface area contributed by atoms with Crippen molar-refractivity contribution in [2.75, 3.05) is 0 Å². The fraction of sp³-hybridized carbons (Fsp3) is 0. The Hall–Kier alpha value is -3.40. The van der Waals surface area contributed by atoms with Crippen LogP contribution in [0, 0.1) is 0 Å². The van der Waals surface area contributed by atoms with Crippen LogP contribution in [0.5, 0.6) is 0 Å². The van der Waals surface area contributed by atoms with Crippen LogP contribution in [-0.4, -0.2) is 19.6 Å². The van der Waals surface area contributed by atoms with Gasteiger partial charge in [-0.25, -0.2) is 9.36 Å². The van der Waals surface area contributed by atoms with Gasteiger partial charge in [-0.05, 0) is 36.4 Å². The third-order valence-corrected chi connectivity index (χ3v) is 4.26. The molecule has 0 aliphatic carbocycles. The summed E-state index contributed by atoms with van der Waals surface area (Å²) in [6.45, 7) is 0. The highest BCUT2D eigenvalue weighted by Crippen LogP contribution is 2.26. The summed E-state index contributed by atoms with van der Waals surface area (Å²) in [4.78, 5) is 0. The van der Waals surface area contributed by atoms with Gasteiger partial charge in [0.1, 0.15) is 0 Å². The van der Waals surface area contributed by atoms with E-state index in [-0.39, 0.29) is 0 Å². The van der Waals surface area contributed by atoms with Crippen LogP contribution in [0.15, 0.2) is 85.2 Å². The van der Waals surface area contributed by atoms with Crippen molar-refractivity contribution in [2.24, 2.45) is 0 Å². The normalized spacial score (nSPS) is 11.3. The lowest BCUT2D eigenvalue weighted by Gasteiger charge is -2.05. The molecule has 0 radical (unpaired) electrons. The lowest BCUT2D eigenvalue weighted by Crippen LogP contribution is -1.96. The molecule has 0 atom stereocenters. The Morgan fingerprint density at radius 2 is 0.958 bits per heavy atom. The van der Waals surface area contributed by atoms with Gasteiger partial charge in [-0.15, -0.1) is 0 Å². The van der Waals surface area contributed by atoms with Crippen LogP contribution in [0.3, 0.4) is 0 Å². The molecule has 0 saturated heterocycles. The van der Waals surface area contributed by atoms with Crippen molar-refractivity contribution in [3.8, 4) is 11.4 Å². The first-order valence-corrected chi connectivity index (χ1v) is 7.86. The summed E-state index contributed by atoms with van der Waals surface area (Å²) in [6.07, 6.45) is 3.81. The van der Waals surface area contributed by atoms with Crippen LogP contribution in [0.25, 0.3) is 33.2 Å². The summed E-state index contributed by atoms with van der Waals surface area (Å²) < 4.78 is 3.93. The Morgan fingerprint density at radius 3 is 1.38 bits per heavy atom. The molecule has 4 nitrogen and oxygen atoms in total. The van der Waals surface area contributed by atoms with Gasteiger partial charge >= 0.3 is 0 Å². The van der Waals surface area contributed by atoms with Crippen LogP contribution in [-0.2, 0) is 0 Å². The molecule has 5 aromatic rings. The summed E-state index contributed by atoms with van der Waals surface area (Å²) in [5.74, 6) is 0. The fourth-order valence-corrected chi connectivity index (χ4v) is 3.10. The van der Waals surface area contributed by atoms with Crippen LogP contribution >= 0.6 is 0 Å². The minimum absolute atomic E-state index is 1.06. The largest absolute Gasteiger partial charge is 0.233 e. The van der Waals surface area contributed by atoms with Gasteiger partial charge in [0, 0.05) is 10.8 Å². The van der Waals surface area contributed by atoms with Gasteiger partial charge in [0.15, 0.2) is 0 Å². The highest BCUT2D eigenvalue weighted by molar-refractivity contribution is 5.96. The number of rotatable bonds is 2. The molecule has 2 heterocycles. The maximum atomic E-state index is 4.56. The predicted molar refractivity (Wildman–Crippen MR) is 95.7 cm³/mol. The van der Waals surface area contributed by atoms with Crippen molar-refractivity contribution >= 4 is 21.8 Å². The molecule has 0 spiro atoms. The molecule has 0 N–H and O–H groups in total. The smallest absolute Gasteiger partial charge is 0.0749 e. The second kappa shape index (κ2) is 5.06. The Morgan fingerprint density at radius 1 is 0.542 bits per heavy atom. The van der Waals surface area contributed by atoms with Crippen LogP contribution < -0.4 is 0 Å². The van der Waals surface area contributed by atoms with Crippen molar-refractivity contribution in [3.05, 3.63) is 85.2 Å². The maximum Gasteiger partial charge on any atom is 0.0749 e. The highest BCUT2D eigenvalue weighted by atomic mass is 15.3. The standard InChI is InChI=1S/C20H14N4/c1-3-7-17(8-4-1)23-19-11-16-14-22-24(18-9-5-2-6-10-18)20(16)12-15(19)13-21-23/h1-14H. The van der Waals surface area contributed by atoms with E-state index in [9.17, 15) is 0 Å². The van der Waals surface area contributed by atoms with Crippen molar-refractivity contribution in [3.63, 3.8) is 0 Å². The molecule has 0 fully saturated rings. The van der Waals surface area contributed by atoms with Crippen molar-refractivity contribution in [1.29, 1.82) is 0 Å². The van der Waals surface area contributed by atoms with E-state index in [2.05, 4.69) is 46.6 Å². The topological polar surface area (TPSA) is 35.6 Å². The molecule has 4 heteroatoms. The fourth-order valence-electron chi connectivity index (χ4n) is 3.10. The Labute approximate surface area is 138 Å². The average molecular weight is 310 g/mol. The number of fused-ring (bicyclic) bond motifs is 2. The van der Waals surface area contributed by atoms with Gasteiger partial charge in [0.2, 0.25) is 0 Å². The molecular formula is C20H14N4. The lowest BCUT2D eigenvalue weighted by atomic mass is 10.2. The Balaban J connectivity index is 1.75. The van der Waals surface area contributed by atoms with E-state index >= 15 is 0 Å². The van der Waals surface area contributed by atoms with Gasteiger partial charge < -0.3 is 0 Å². The van der Waals surface area contributed by atoms with Gasteiger partial charge in [-0.3, -0.25) is 0 Å². The van der Waals surface area contributed by atoms with Gasteiger partial charge in [0.05, 0.1) is 34.8 Å². The van der Waals surface area contributed by atoms with E-state index < -0.39 is 0 Å². The van der Waals surface area contributed by atoms with E-state index in [1.54, 1.807) is 0 Å². The van der Waals surface area contributed by atoms with Gasteiger partial charge in [0.25, 0.3) is 0 Å². The number of nitrogens with zero attached hydrogens (tertiary/aromatic N) is 4. The van der Waals surface area contributed by atoms with Crippen LogP contribution in [0.2, 0.25) is 0 Å². The first kappa shape index (κ1) is 13.1. The molecule has 5 rings (SSSR count). The van der Waals surface area contributed by atoms with Crippen molar-refractivity contribution in [2.45, 2.75) is 0 Å². The van der Waals surface area contributed by atoms with Gasteiger partial charge in [-0.1, -0.05) is 36.4 Å². The molecule has 0 amide bonds. The second-order valence-electron chi connectivity index (χ2n) is 5.75. The SMILES string of the molecule is c1ccc(-n2ncc3cc4c(cnn4-c4ccccc4)cc32)cc1. The van der Waals surface area contributed by atoms with E-state index in [1.807, 2.05) is 58.2 Å². The summed E-state index contributed by atoms with van der Waals surface area (Å²) in [6, 6.07) is 24.7. The molecule has 0 aliphatic heterocycles. The summed E-state index contributed by atoms with van der Waals surface area (Å²) in [5, 5.41) is 11.3. The molecule has 2 aromatic heterocycles. The molecule has 0 saturated carbocycles. The van der Waals surface area contributed by atoms with E-state index in [4.69, 9.17) is 0 Å². The molecule has 3 aromatic carbocycles. The predicted octanol–water partition coefficient (Wildman–Crippen LogP) is 4.36. The highest BCUT2D eigenvalue weighted by Gasteiger charge is 2.10. The van der Waals surface area contributed by atoms with Crippen LogP contribution in [0.4, 0.5) is 0 Å². The third kappa shape index (κ3) is 1.93. The van der Waals surface area contributed by atoms with Crippen molar-refractivity contribution < 1.29 is 0 Å². The monoisotopic (exact) mass is 310 g/mol. The summed E-state index contributed by atoms with van der Waals surface area (Å²) in [5.41, 5.74) is 4.28. The number of aromatic nitrogens is 4. The zero-order valence-corrected chi connectivity index (χ0v) is 12.9. The number of benzene rings is 3. The maximum absolute atomic E-state index is 4.56. The third-order valence-electron chi connectivity index (χ3n) is 4.26. The molecular weight excluding hydrogens is 296 g/mol. The summed E-state index contributed by atoms with van der Waals surface area (Å²) >= 11 is 0. The number of para-hydroxylation sites is 2. The van der Waals surface area contributed by atoms with Crippen molar-refractivity contribution in [1.82, 2.24) is 19.6 Å². The first-order chi connectivity index (χ1) is 11.9. The first-order valence-electron chi connectivity index (χ1n) is 7.86. The van der Waals surface area contributed by atoms with E-state index in [1.165, 1.54) is 0 Å². The quantitative estimate of drug-likeness (QED) is 0.485. The summed E-state index contributed by atoms with van der Waals surface area (Å²) in [7, 11) is 0. The number of hydrogen-bond acceptors (Lipinski definition) is 2. The molecule has 0 unspecified atom stereocenters. The second-order valence-corrected chi connectivity index (χ2v) is 5.75. The Bertz CT molecular complexity index is 1040. The molecule has 0 aliphatic rings. The lowest BCUT2D eigenvalue weighted by molar-refractivity contribution is 0.911. The number of hydrogen-bond donors (Lipinski definition) is 0.